The molecule has 0 spiro atoms. The van der Waals surface area contributed by atoms with Gasteiger partial charge in [0.2, 0.25) is 0 Å². The minimum Gasteiger partial charge on any atom is -0.457 e. The zero-order valence-corrected chi connectivity index (χ0v) is 14.8. The van der Waals surface area contributed by atoms with Crippen molar-refractivity contribution in [3.8, 4) is 0 Å². The van der Waals surface area contributed by atoms with Crippen LogP contribution in [0.1, 0.15) is 24.1 Å². The van der Waals surface area contributed by atoms with Crippen molar-refractivity contribution in [3.63, 3.8) is 0 Å². The van der Waals surface area contributed by atoms with Gasteiger partial charge in [-0.1, -0.05) is 48.5 Å². The van der Waals surface area contributed by atoms with Crippen LogP contribution in [0.25, 0.3) is 10.9 Å². The first-order valence-corrected chi connectivity index (χ1v) is 8.69. The number of rotatable bonds is 4. The lowest BCUT2D eigenvalue weighted by Crippen LogP contribution is -2.45. The molecule has 1 aliphatic heterocycles. The summed E-state index contributed by atoms with van der Waals surface area (Å²) in [7, 11) is 0. The summed E-state index contributed by atoms with van der Waals surface area (Å²) < 4.78 is 5.52. The fourth-order valence-corrected chi connectivity index (χ4v) is 3.33. The van der Waals surface area contributed by atoms with Crippen molar-refractivity contribution in [2.75, 3.05) is 0 Å². The molecule has 0 saturated heterocycles. The fourth-order valence-electron chi connectivity index (χ4n) is 3.33. The number of fused-ring (bicyclic) bond motifs is 1. The van der Waals surface area contributed by atoms with E-state index in [9.17, 15) is 9.59 Å². The molecule has 2 heterocycles. The number of carbonyl (C=O) groups excluding carboxylic acids is 2. The lowest BCUT2D eigenvalue weighted by Gasteiger charge is -2.27. The number of para-hydroxylation sites is 1. The Bertz CT molecular complexity index is 1040. The van der Waals surface area contributed by atoms with Crippen LogP contribution >= 0.6 is 0 Å². The Labute approximate surface area is 156 Å². The Morgan fingerprint density at radius 3 is 2.63 bits per heavy atom. The highest BCUT2D eigenvalue weighted by molar-refractivity contribution is 5.97. The summed E-state index contributed by atoms with van der Waals surface area (Å²) in [6, 6.07) is 16.3. The van der Waals surface area contributed by atoms with Gasteiger partial charge in [-0.2, -0.15) is 0 Å². The van der Waals surface area contributed by atoms with Crippen LogP contribution in [0.5, 0.6) is 0 Å². The molecule has 2 amide bonds. The summed E-state index contributed by atoms with van der Waals surface area (Å²) in [5.41, 5.74) is 3.56. The number of nitrogens with one attached hydrogen (secondary N) is 3. The quantitative estimate of drug-likeness (QED) is 0.622. The van der Waals surface area contributed by atoms with Crippen LogP contribution in [-0.4, -0.2) is 17.0 Å². The maximum Gasteiger partial charge on any atom is 0.338 e. The Kier molecular flexibility index (Phi) is 4.38. The van der Waals surface area contributed by atoms with E-state index in [2.05, 4.69) is 15.6 Å². The minimum atomic E-state index is -0.585. The van der Waals surface area contributed by atoms with E-state index in [0.717, 1.165) is 22.0 Å². The van der Waals surface area contributed by atoms with Crippen molar-refractivity contribution in [2.45, 2.75) is 19.6 Å². The summed E-state index contributed by atoms with van der Waals surface area (Å²) in [5, 5.41) is 6.46. The number of ether oxygens (including phenoxy) is 1. The molecule has 27 heavy (non-hydrogen) atoms. The second-order valence-electron chi connectivity index (χ2n) is 6.42. The van der Waals surface area contributed by atoms with Gasteiger partial charge in [0.15, 0.2) is 0 Å². The van der Waals surface area contributed by atoms with Crippen LogP contribution in [0.2, 0.25) is 0 Å². The SMILES string of the molecule is CC1=C(C(=O)OCc2ccccc2)C(c2c[nH]c3ccccc23)NC(=O)N1. The number of carbonyl (C=O) groups is 2. The number of benzene rings is 2. The molecule has 6 heteroatoms. The van der Waals surface area contributed by atoms with Crippen LogP contribution in [0, 0.1) is 0 Å². The van der Waals surface area contributed by atoms with E-state index >= 15 is 0 Å². The molecule has 0 radical (unpaired) electrons. The molecule has 1 unspecified atom stereocenters. The van der Waals surface area contributed by atoms with Crippen LogP contribution in [0.4, 0.5) is 4.79 Å². The highest BCUT2D eigenvalue weighted by Gasteiger charge is 2.33. The van der Waals surface area contributed by atoms with Crippen molar-refractivity contribution < 1.29 is 14.3 Å². The molecule has 1 aromatic heterocycles. The third-order valence-corrected chi connectivity index (χ3v) is 4.63. The van der Waals surface area contributed by atoms with E-state index in [0.29, 0.717) is 11.3 Å². The molecule has 0 fully saturated rings. The molecule has 0 bridgehead atoms. The molecule has 0 saturated carbocycles. The summed E-state index contributed by atoms with van der Waals surface area (Å²) in [6.07, 6.45) is 1.82. The van der Waals surface area contributed by atoms with Crippen molar-refractivity contribution in [1.82, 2.24) is 15.6 Å². The molecule has 2 aromatic carbocycles. The van der Waals surface area contributed by atoms with Gasteiger partial charge >= 0.3 is 12.0 Å². The molecule has 3 aromatic rings. The Hall–Kier alpha value is -3.54. The number of urea groups is 1. The second-order valence-corrected chi connectivity index (χ2v) is 6.42. The predicted octanol–water partition coefficient (Wildman–Crippen LogP) is 3.54. The van der Waals surface area contributed by atoms with Gasteiger partial charge in [-0.3, -0.25) is 0 Å². The molecule has 3 N–H and O–H groups in total. The van der Waals surface area contributed by atoms with Gasteiger partial charge in [-0.25, -0.2) is 9.59 Å². The van der Waals surface area contributed by atoms with Crippen LogP contribution in [0.15, 0.2) is 72.1 Å². The lowest BCUT2D eigenvalue weighted by molar-refractivity contribution is -0.140. The number of hydrogen-bond donors (Lipinski definition) is 3. The first-order valence-electron chi connectivity index (χ1n) is 8.69. The molecular weight excluding hydrogens is 342 g/mol. The van der Waals surface area contributed by atoms with Gasteiger partial charge in [0.1, 0.15) is 6.61 Å². The highest BCUT2D eigenvalue weighted by Crippen LogP contribution is 2.32. The Morgan fingerprint density at radius 1 is 1.07 bits per heavy atom. The van der Waals surface area contributed by atoms with E-state index < -0.39 is 12.0 Å². The Balaban J connectivity index is 1.66. The minimum absolute atomic E-state index is 0.172. The van der Waals surface area contributed by atoms with Crippen LogP contribution < -0.4 is 10.6 Å². The van der Waals surface area contributed by atoms with Crippen LogP contribution in [0.3, 0.4) is 0 Å². The zero-order valence-electron chi connectivity index (χ0n) is 14.8. The number of amides is 2. The van der Waals surface area contributed by atoms with E-state index in [-0.39, 0.29) is 12.6 Å². The number of aromatic amines is 1. The van der Waals surface area contributed by atoms with Gasteiger partial charge in [0.05, 0.1) is 11.6 Å². The average Bonchev–Trinajstić information content (AvgIpc) is 3.10. The van der Waals surface area contributed by atoms with E-state index in [1.165, 1.54) is 0 Å². The number of aromatic nitrogens is 1. The van der Waals surface area contributed by atoms with Crippen molar-refractivity contribution in [1.29, 1.82) is 0 Å². The van der Waals surface area contributed by atoms with E-state index in [1.807, 2.05) is 60.8 Å². The standard InChI is InChI=1S/C21H19N3O3/c1-13-18(20(25)27-12-14-7-3-2-4-8-14)19(24-21(26)23-13)16-11-22-17-10-6-5-9-15(16)17/h2-11,19,22H,12H2,1H3,(H2,23,24,26). The van der Waals surface area contributed by atoms with Gasteiger partial charge in [0, 0.05) is 28.4 Å². The number of hydrogen-bond acceptors (Lipinski definition) is 3. The first kappa shape index (κ1) is 16.9. The molecular formula is C21H19N3O3. The van der Waals surface area contributed by atoms with Crippen molar-refractivity contribution >= 4 is 22.9 Å². The number of allylic oxidation sites excluding steroid dienone is 1. The van der Waals surface area contributed by atoms with E-state index in [4.69, 9.17) is 4.74 Å². The molecule has 136 valence electrons. The molecule has 1 atom stereocenters. The smallest absolute Gasteiger partial charge is 0.338 e. The number of esters is 1. The summed E-state index contributed by atoms with van der Waals surface area (Å²) >= 11 is 0. The topological polar surface area (TPSA) is 83.2 Å². The third kappa shape index (κ3) is 3.29. The predicted molar refractivity (Wildman–Crippen MR) is 102 cm³/mol. The lowest BCUT2D eigenvalue weighted by atomic mass is 9.95. The average molecular weight is 361 g/mol. The molecule has 0 aliphatic carbocycles. The largest absolute Gasteiger partial charge is 0.457 e. The van der Waals surface area contributed by atoms with Gasteiger partial charge in [-0.05, 0) is 18.6 Å². The monoisotopic (exact) mass is 361 g/mol. The van der Waals surface area contributed by atoms with Gasteiger partial charge in [0.25, 0.3) is 0 Å². The summed E-state index contributed by atoms with van der Waals surface area (Å²) in [5.74, 6) is -0.459. The maximum atomic E-state index is 12.8. The second kappa shape index (κ2) is 6.99. The normalized spacial score (nSPS) is 16.8. The van der Waals surface area contributed by atoms with Crippen LogP contribution in [-0.2, 0) is 16.1 Å². The first-order chi connectivity index (χ1) is 13.1. The number of H-pyrrole nitrogens is 1. The highest BCUT2D eigenvalue weighted by atomic mass is 16.5. The van der Waals surface area contributed by atoms with Gasteiger partial charge in [-0.15, -0.1) is 0 Å². The fraction of sp³-hybridized carbons (Fsp3) is 0.143. The summed E-state index contributed by atoms with van der Waals surface area (Å²) in [4.78, 5) is 28.1. The van der Waals surface area contributed by atoms with Crippen molar-refractivity contribution in [3.05, 3.63) is 83.2 Å². The molecule has 6 nitrogen and oxygen atoms in total. The zero-order chi connectivity index (χ0) is 18.8. The van der Waals surface area contributed by atoms with Gasteiger partial charge < -0.3 is 20.4 Å². The molecule has 4 rings (SSSR count). The van der Waals surface area contributed by atoms with E-state index in [1.54, 1.807) is 6.92 Å². The maximum absolute atomic E-state index is 12.8. The Morgan fingerprint density at radius 2 is 1.81 bits per heavy atom. The summed E-state index contributed by atoms with van der Waals surface area (Å²) in [6.45, 7) is 1.88. The van der Waals surface area contributed by atoms with Crippen molar-refractivity contribution in [2.24, 2.45) is 0 Å². The molecule has 1 aliphatic rings. The third-order valence-electron chi connectivity index (χ3n) is 4.63.